The van der Waals surface area contributed by atoms with Gasteiger partial charge in [0, 0.05) is 5.38 Å². The Morgan fingerprint density at radius 1 is 1.86 bits per heavy atom. The summed E-state index contributed by atoms with van der Waals surface area (Å²) in [6.45, 7) is 0. The molecule has 3 heteroatoms. The monoisotopic (exact) mass is 112 g/mol. The Labute approximate surface area is 45.0 Å². The van der Waals surface area contributed by atoms with E-state index in [0.29, 0.717) is 5.56 Å². The van der Waals surface area contributed by atoms with Crippen LogP contribution in [0.25, 0.3) is 0 Å². The molecule has 0 bridgehead atoms. The Morgan fingerprint density at radius 3 is 3.00 bits per heavy atom. The van der Waals surface area contributed by atoms with Crippen LogP contribution in [0.1, 0.15) is 5.56 Å². The van der Waals surface area contributed by atoms with E-state index >= 15 is 0 Å². The number of rotatable bonds is 1. The van der Waals surface area contributed by atoms with Gasteiger partial charge in [-0.05, 0) is 11.5 Å². The Bertz CT molecular complexity index is 147. The molecule has 1 aromatic rings. The van der Waals surface area contributed by atoms with Crippen LogP contribution < -0.4 is 0 Å². The fourth-order valence-electron chi connectivity index (χ4n) is 0.255. The van der Waals surface area contributed by atoms with Gasteiger partial charge in [-0.1, -0.05) is 0 Å². The van der Waals surface area contributed by atoms with E-state index in [1.165, 1.54) is 17.7 Å². The Balaban J connectivity index is 2.96. The average molecular weight is 112 g/mol. The molecule has 0 saturated carbocycles. The van der Waals surface area contributed by atoms with Crippen molar-refractivity contribution in [2.75, 3.05) is 0 Å². The van der Waals surface area contributed by atoms with E-state index in [-0.39, 0.29) is 0 Å². The molecule has 1 radical (unpaired) electrons. The minimum atomic E-state index is 0.532. The minimum absolute atomic E-state index is 0.532. The molecule has 0 atom stereocenters. The van der Waals surface area contributed by atoms with E-state index in [1.54, 1.807) is 11.7 Å². The van der Waals surface area contributed by atoms with E-state index in [9.17, 15) is 4.79 Å². The highest BCUT2D eigenvalue weighted by Crippen LogP contribution is 1.95. The molecule has 0 spiro atoms. The van der Waals surface area contributed by atoms with Gasteiger partial charge >= 0.3 is 0 Å². The van der Waals surface area contributed by atoms with E-state index in [1.807, 2.05) is 0 Å². The zero-order valence-corrected chi connectivity index (χ0v) is 4.23. The van der Waals surface area contributed by atoms with Crippen LogP contribution in [-0.4, -0.2) is 10.7 Å². The van der Waals surface area contributed by atoms with Crippen LogP contribution in [0.3, 0.4) is 0 Å². The number of aromatic nitrogens is 1. The van der Waals surface area contributed by atoms with Crippen molar-refractivity contribution >= 4 is 17.8 Å². The average Bonchev–Trinajstić information content (AvgIpc) is 2.14. The molecule has 1 rings (SSSR count). The van der Waals surface area contributed by atoms with Gasteiger partial charge in [0.25, 0.3) is 0 Å². The minimum Gasteiger partial charge on any atom is -0.285 e. The predicted molar refractivity (Wildman–Crippen MR) is 26.9 cm³/mol. The first-order valence-corrected chi connectivity index (χ1v) is 2.54. The molecule has 0 aliphatic rings. The number of carbonyl (C=O) groups excluding carboxylic acids is 1. The van der Waals surface area contributed by atoms with Crippen molar-refractivity contribution in [3.63, 3.8) is 0 Å². The molecule has 0 aliphatic heterocycles. The first kappa shape index (κ1) is 4.46. The standard InChI is InChI=1S/C4H2NOS/c6-2-4-1-5-7-3-4/h1,3H. The molecular formula is C4H2NOS. The third-order valence-corrected chi connectivity index (χ3v) is 1.14. The molecule has 0 aliphatic carbocycles. The summed E-state index contributed by atoms with van der Waals surface area (Å²) in [5.41, 5.74) is 0.532. The van der Waals surface area contributed by atoms with Gasteiger partial charge in [-0.2, -0.15) is 0 Å². The summed E-state index contributed by atoms with van der Waals surface area (Å²) in [5, 5.41) is 1.65. The summed E-state index contributed by atoms with van der Waals surface area (Å²) in [4.78, 5) is 9.71. The van der Waals surface area contributed by atoms with E-state index in [2.05, 4.69) is 4.37 Å². The number of nitrogens with zero attached hydrogens (tertiary/aromatic N) is 1. The lowest BCUT2D eigenvalue weighted by atomic mass is 10.4. The summed E-state index contributed by atoms with van der Waals surface area (Å²) in [5.74, 6) is 0. The molecule has 2 nitrogen and oxygen atoms in total. The summed E-state index contributed by atoms with van der Waals surface area (Å²) >= 11 is 1.25. The van der Waals surface area contributed by atoms with Gasteiger partial charge < -0.3 is 0 Å². The Morgan fingerprint density at radius 2 is 2.71 bits per heavy atom. The van der Waals surface area contributed by atoms with Crippen LogP contribution in [0.2, 0.25) is 0 Å². The van der Waals surface area contributed by atoms with Gasteiger partial charge in [0.1, 0.15) is 0 Å². The highest BCUT2D eigenvalue weighted by Gasteiger charge is 1.86. The van der Waals surface area contributed by atoms with Crippen molar-refractivity contribution in [2.45, 2.75) is 0 Å². The Kier molecular flexibility index (Phi) is 1.17. The summed E-state index contributed by atoms with van der Waals surface area (Å²) in [6, 6.07) is 0. The quantitative estimate of drug-likeness (QED) is 0.532. The molecule has 0 saturated heterocycles. The Hall–Kier alpha value is -0.700. The van der Waals surface area contributed by atoms with Gasteiger partial charge in [0.2, 0.25) is 6.29 Å². The van der Waals surface area contributed by atoms with Crippen LogP contribution in [-0.2, 0) is 4.79 Å². The van der Waals surface area contributed by atoms with Crippen LogP contribution in [0.15, 0.2) is 11.6 Å². The molecule has 1 heterocycles. The third-order valence-electron chi connectivity index (χ3n) is 0.550. The van der Waals surface area contributed by atoms with Gasteiger partial charge in [0.15, 0.2) is 0 Å². The van der Waals surface area contributed by atoms with E-state index in [4.69, 9.17) is 0 Å². The van der Waals surface area contributed by atoms with Crippen molar-refractivity contribution in [3.8, 4) is 0 Å². The lowest BCUT2D eigenvalue weighted by molar-refractivity contribution is 0.563. The largest absolute Gasteiger partial charge is 0.285 e. The summed E-state index contributed by atoms with van der Waals surface area (Å²) in [6.07, 6.45) is 3.19. The topological polar surface area (TPSA) is 30.0 Å². The maximum Gasteiger partial charge on any atom is 0.236 e. The van der Waals surface area contributed by atoms with Crippen molar-refractivity contribution in [1.82, 2.24) is 4.37 Å². The van der Waals surface area contributed by atoms with Gasteiger partial charge in [-0.3, -0.25) is 4.79 Å². The van der Waals surface area contributed by atoms with Crippen molar-refractivity contribution in [1.29, 1.82) is 0 Å². The van der Waals surface area contributed by atoms with E-state index in [0.717, 1.165) is 0 Å². The highest BCUT2D eigenvalue weighted by molar-refractivity contribution is 7.03. The molecule has 0 unspecified atom stereocenters. The third kappa shape index (κ3) is 0.838. The van der Waals surface area contributed by atoms with Gasteiger partial charge in [-0.25, -0.2) is 4.37 Å². The fraction of sp³-hybridized carbons (Fsp3) is 0. The number of hydrogen-bond acceptors (Lipinski definition) is 3. The second-order valence-corrected chi connectivity index (χ2v) is 1.67. The molecule has 7 heavy (non-hydrogen) atoms. The van der Waals surface area contributed by atoms with Crippen LogP contribution >= 0.6 is 11.5 Å². The van der Waals surface area contributed by atoms with Crippen LogP contribution in [0, 0.1) is 0 Å². The molecule has 1 aromatic heterocycles. The number of hydrogen-bond donors (Lipinski definition) is 0. The van der Waals surface area contributed by atoms with Crippen molar-refractivity contribution in [2.24, 2.45) is 0 Å². The van der Waals surface area contributed by atoms with Crippen LogP contribution in [0.5, 0.6) is 0 Å². The molecule has 35 valence electrons. The molecule has 0 amide bonds. The zero-order chi connectivity index (χ0) is 5.11. The van der Waals surface area contributed by atoms with Crippen molar-refractivity contribution < 1.29 is 4.79 Å². The van der Waals surface area contributed by atoms with Crippen LogP contribution in [0.4, 0.5) is 0 Å². The van der Waals surface area contributed by atoms with Crippen molar-refractivity contribution in [3.05, 3.63) is 17.1 Å². The lowest BCUT2D eigenvalue weighted by Gasteiger charge is -1.61. The normalized spacial score (nSPS) is 8.57. The zero-order valence-electron chi connectivity index (χ0n) is 3.42. The molecular weight excluding hydrogens is 110 g/mol. The predicted octanol–water partition coefficient (Wildman–Crippen LogP) is 0.601. The summed E-state index contributed by atoms with van der Waals surface area (Å²) in [7, 11) is 0. The maximum atomic E-state index is 9.71. The van der Waals surface area contributed by atoms with E-state index < -0.39 is 0 Å². The second-order valence-electron chi connectivity index (χ2n) is 1.02. The molecule has 0 fully saturated rings. The van der Waals surface area contributed by atoms with Gasteiger partial charge in [-0.15, -0.1) is 0 Å². The maximum absolute atomic E-state index is 9.71. The SMILES string of the molecule is O=[C]c1cnsc1. The molecule has 0 aromatic carbocycles. The lowest BCUT2D eigenvalue weighted by Crippen LogP contribution is -1.67. The smallest absolute Gasteiger partial charge is 0.236 e. The highest BCUT2D eigenvalue weighted by atomic mass is 32.1. The first-order chi connectivity index (χ1) is 3.43. The second kappa shape index (κ2) is 1.84. The molecule has 0 N–H and O–H groups in total. The van der Waals surface area contributed by atoms with Gasteiger partial charge in [0.05, 0.1) is 11.8 Å². The first-order valence-electron chi connectivity index (χ1n) is 1.71. The summed E-state index contributed by atoms with van der Waals surface area (Å²) < 4.78 is 3.67. The fourth-order valence-corrected chi connectivity index (χ4v) is 0.713.